The fourth-order valence-electron chi connectivity index (χ4n) is 4.22. The highest BCUT2D eigenvalue weighted by molar-refractivity contribution is 5.93. The van der Waals surface area contributed by atoms with Crippen LogP contribution in [-0.2, 0) is 9.47 Å². The number of hydrogen-bond donors (Lipinski definition) is 4. The average molecular weight is 549 g/mol. The normalized spacial score (nSPS) is 12.5. The number of nitrogens with one attached hydrogen (secondary N) is 4. The maximum atomic E-state index is 12.4. The van der Waals surface area contributed by atoms with Gasteiger partial charge in [0.25, 0.3) is 0 Å². The number of amides is 4. The van der Waals surface area contributed by atoms with Crippen LogP contribution in [-0.4, -0.2) is 51.6 Å². The highest BCUT2D eigenvalue weighted by atomic mass is 16.5. The molecule has 0 radical (unpaired) electrons. The third-order valence-corrected chi connectivity index (χ3v) is 7.04. The first kappa shape index (κ1) is 34.7. The van der Waals surface area contributed by atoms with E-state index >= 15 is 0 Å². The van der Waals surface area contributed by atoms with Gasteiger partial charge in [-0.1, -0.05) is 72.3 Å². The van der Waals surface area contributed by atoms with Gasteiger partial charge in [0.1, 0.15) is 0 Å². The van der Waals surface area contributed by atoms with Gasteiger partial charge in [0.05, 0.1) is 0 Å². The molecule has 1 aromatic carbocycles. The summed E-state index contributed by atoms with van der Waals surface area (Å²) in [5, 5.41) is 11.5. The summed E-state index contributed by atoms with van der Waals surface area (Å²) in [6, 6.07) is 4.92. The summed E-state index contributed by atoms with van der Waals surface area (Å²) < 4.78 is 11.6. The number of hydrogen-bond acceptors (Lipinski definition) is 4. The van der Waals surface area contributed by atoms with E-state index in [1.165, 1.54) is 38.5 Å². The van der Waals surface area contributed by atoms with Gasteiger partial charge in [-0.2, -0.15) is 0 Å². The molecule has 0 fully saturated rings. The van der Waals surface area contributed by atoms with Crippen molar-refractivity contribution in [2.75, 3.05) is 50.2 Å². The SMILES string of the molecule is CCCCC(CC)COCCCNC(=O)Nc1ccc(C)c(NC(=O)NCCCOCC(CC)CCCC)c1. The molecule has 2 atom stereocenters. The van der Waals surface area contributed by atoms with Gasteiger partial charge in [-0.05, 0) is 62.1 Å². The molecule has 0 aliphatic rings. The van der Waals surface area contributed by atoms with E-state index in [1.807, 2.05) is 19.1 Å². The van der Waals surface area contributed by atoms with Crippen molar-refractivity contribution in [3.8, 4) is 0 Å². The van der Waals surface area contributed by atoms with Gasteiger partial charge < -0.3 is 30.7 Å². The van der Waals surface area contributed by atoms with Crippen LogP contribution in [0.4, 0.5) is 21.0 Å². The topological polar surface area (TPSA) is 101 Å². The van der Waals surface area contributed by atoms with Crippen LogP contribution in [0.1, 0.15) is 97.5 Å². The summed E-state index contributed by atoms with van der Waals surface area (Å²) >= 11 is 0. The third-order valence-electron chi connectivity index (χ3n) is 7.04. The Morgan fingerprint density at radius 1 is 0.744 bits per heavy atom. The molecule has 2 unspecified atom stereocenters. The summed E-state index contributed by atoms with van der Waals surface area (Å²) in [4.78, 5) is 24.7. The first-order valence-electron chi connectivity index (χ1n) is 15.3. The van der Waals surface area contributed by atoms with Crippen molar-refractivity contribution in [2.24, 2.45) is 11.8 Å². The Balaban J connectivity index is 2.27. The number of benzene rings is 1. The second-order valence-corrected chi connectivity index (χ2v) is 10.5. The summed E-state index contributed by atoms with van der Waals surface area (Å²) in [6.45, 7) is 14.7. The Bertz CT molecular complexity index is 790. The van der Waals surface area contributed by atoms with E-state index in [1.54, 1.807) is 6.07 Å². The Morgan fingerprint density at radius 3 is 1.74 bits per heavy atom. The molecule has 0 spiro atoms. The molecule has 8 nitrogen and oxygen atoms in total. The predicted molar refractivity (Wildman–Crippen MR) is 163 cm³/mol. The zero-order chi connectivity index (χ0) is 28.7. The maximum absolute atomic E-state index is 12.4. The highest BCUT2D eigenvalue weighted by Gasteiger charge is 2.09. The third kappa shape index (κ3) is 17.1. The fraction of sp³-hybridized carbons (Fsp3) is 0.742. The largest absolute Gasteiger partial charge is 0.381 e. The van der Waals surface area contributed by atoms with Gasteiger partial charge >= 0.3 is 12.1 Å². The van der Waals surface area contributed by atoms with Crippen molar-refractivity contribution >= 4 is 23.4 Å². The minimum atomic E-state index is -0.274. The van der Waals surface area contributed by atoms with Crippen LogP contribution in [0.5, 0.6) is 0 Å². The smallest absolute Gasteiger partial charge is 0.319 e. The fourth-order valence-corrected chi connectivity index (χ4v) is 4.22. The summed E-state index contributed by atoms with van der Waals surface area (Å²) in [5.41, 5.74) is 2.19. The number of rotatable bonds is 22. The standard InChI is InChI=1S/C31H56N4O4/c1-6-10-14-26(8-3)23-38-20-12-18-32-30(36)34-28-17-16-25(5)29(22-28)35-31(37)33-19-13-21-39-24-27(9-4)15-11-7-2/h16-17,22,26-27H,6-15,18-21,23-24H2,1-5H3,(H2,32,34,36)(H2,33,35,37). The number of ether oxygens (including phenoxy) is 2. The molecule has 0 aromatic heterocycles. The van der Waals surface area contributed by atoms with Gasteiger partial charge in [-0.3, -0.25) is 0 Å². The van der Waals surface area contributed by atoms with Crippen LogP contribution >= 0.6 is 0 Å². The van der Waals surface area contributed by atoms with Crippen LogP contribution in [0, 0.1) is 18.8 Å². The summed E-state index contributed by atoms with van der Waals surface area (Å²) in [7, 11) is 0. The average Bonchev–Trinajstić information content (AvgIpc) is 2.93. The van der Waals surface area contributed by atoms with E-state index in [2.05, 4.69) is 49.0 Å². The number of anilines is 2. The second-order valence-electron chi connectivity index (χ2n) is 10.5. The Morgan fingerprint density at radius 2 is 1.26 bits per heavy atom. The molecule has 8 heteroatoms. The van der Waals surface area contributed by atoms with Crippen molar-refractivity contribution in [1.82, 2.24) is 10.6 Å². The van der Waals surface area contributed by atoms with Crippen LogP contribution in [0.3, 0.4) is 0 Å². The molecule has 0 aliphatic heterocycles. The van der Waals surface area contributed by atoms with E-state index in [0.29, 0.717) is 49.5 Å². The minimum Gasteiger partial charge on any atom is -0.381 e. The van der Waals surface area contributed by atoms with Gasteiger partial charge in [-0.25, -0.2) is 9.59 Å². The molecule has 4 N–H and O–H groups in total. The van der Waals surface area contributed by atoms with Crippen LogP contribution < -0.4 is 21.3 Å². The Kier molecular flexibility index (Phi) is 20.0. The number of aryl methyl sites for hydroxylation is 1. The van der Waals surface area contributed by atoms with Gasteiger partial charge in [0.2, 0.25) is 0 Å². The highest BCUT2D eigenvalue weighted by Crippen LogP contribution is 2.20. The first-order chi connectivity index (χ1) is 18.9. The first-order valence-corrected chi connectivity index (χ1v) is 15.3. The van der Waals surface area contributed by atoms with E-state index in [9.17, 15) is 9.59 Å². The van der Waals surface area contributed by atoms with Crippen molar-refractivity contribution in [2.45, 2.75) is 98.8 Å². The van der Waals surface area contributed by atoms with E-state index < -0.39 is 0 Å². The molecule has 0 bridgehead atoms. The lowest BCUT2D eigenvalue weighted by molar-refractivity contribution is 0.0924. The van der Waals surface area contributed by atoms with Crippen LogP contribution in [0.25, 0.3) is 0 Å². The molecule has 0 aliphatic carbocycles. The molecule has 0 saturated carbocycles. The van der Waals surface area contributed by atoms with Gasteiger partial charge in [0.15, 0.2) is 0 Å². The Hall–Kier alpha value is -2.32. The number of urea groups is 2. The molecule has 0 saturated heterocycles. The molecular weight excluding hydrogens is 492 g/mol. The molecule has 39 heavy (non-hydrogen) atoms. The molecule has 0 heterocycles. The molecule has 224 valence electrons. The number of carbonyl (C=O) groups excluding carboxylic acids is 2. The lowest BCUT2D eigenvalue weighted by atomic mass is 10.0. The molecule has 4 amide bonds. The van der Waals surface area contributed by atoms with E-state index in [-0.39, 0.29) is 12.1 Å². The van der Waals surface area contributed by atoms with Gasteiger partial charge in [-0.15, -0.1) is 0 Å². The lowest BCUT2D eigenvalue weighted by Gasteiger charge is -2.15. The van der Waals surface area contributed by atoms with Crippen molar-refractivity contribution in [3.63, 3.8) is 0 Å². The van der Waals surface area contributed by atoms with E-state index in [4.69, 9.17) is 9.47 Å². The van der Waals surface area contributed by atoms with Crippen molar-refractivity contribution in [1.29, 1.82) is 0 Å². The van der Waals surface area contributed by atoms with Crippen molar-refractivity contribution < 1.29 is 19.1 Å². The lowest BCUT2D eigenvalue weighted by Crippen LogP contribution is -2.31. The maximum Gasteiger partial charge on any atom is 0.319 e. The molecular formula is C31H56N4O4. The van der Waals surface area contributed by atoms with Crippen molar-refractivity contribution in [3.05, 3.63) is 23.8 Å². The second kappa shape index (κ2) is 22.5. The molecule has 1 aromatic rings. The molecule has 1 rings (SSSR count). The predicted octanol–water partition coefficient (Wildman–Crippen LogP) is 7.48. The van der Waals surface area contributed by atoms with Crippen LogP contribution in [0.2, 0.25) is 0 Å². The van der Waals surface area contributed by atoms with E-state index in [0.717, 1.165) is 44.5 Å². The summed E-state index contributed by atoms with van der Waals surface area (Å²) in [5.74, 6) is 1.25. The monoisotopic (exact) mass is 548 g/mol. The number of carbonyl (C=O) groups is 2. The number of unbranched alkanes of at least 4 members (excludes halogenated alkanes) is 2. The Labute approximate surface area is 237 Å². The van der Waals surface area contributed by atoms with Crippen LogP contribution in [0.15, 0.2) is 18.2 Å². The minimum absolute atomic E-state index is 0.269. The zero-order valence-corrected chi connectivity index (χ0v) is 25.3. The summed E-state index contributed by atoms with van der Waals surface area (Å²) in [6.07, 6.45) is 11.2. The van der Waals surface area contributed by atoms with Gasteiger partial charge in [0, 0.05) is 50.9 Å². The zero-order valence-electron chi connectivity index (χ0n) is 25.3. The quantitative estimate of drug-likeness (QED) is 0.113.